The summed E-state index contributed by atoms with van der Waals surface area (Å²) in [6.07, 6.45) is -0.372. The largest absolute Gasteiger partial charge is 0.486 e. The highest BCUT2D eigenvalue weighted by Gasteiger charge is 2.43. The Hall–Kier alpha value is -3.68. The van der Waals surface area contributed by atoms with Crippen LogP contribution in [0.1, 0.15) is 25.3 Å². The predicted molar refractivity (Wildman–Crippen MR) is 108 cm³/mol. The number of carboxylic acid groups (broad SMARTS) is 1. The summed E-state index contributed by atoms with van der Waals surface area (Å²) >= 11 is 0. The summed E-state index contributed by atoms with van der Waals surface area (Å²) in [5.74, 6) is -1.91. The average Bonchev–Trinajstić information content (AvgIpc) is 3.16. The maximum atomic E-state index is 12.8. The number of benzene rings is 2. The van der Waals surface area contributed by atoms with Gasteiger partial charge in [-0.2, -0.15) is 0 Å². The van der Waals surface area contributed by atoms with E-state index in [1.165, 1.54) is 0 Å². The molecule has 8 heteroatoms. The van der Waals surface area contributed by atoms with E-state index in [9.17, 15) is 14.4 Å². The fourth-order valence-corrected chi connectivity index (χ4v) is 2.95. The molecule has 1 aliphatic heterocycles. The summed E-state index contributed by atoms with van der Waals surface area (Å²) in [6, 6.07) is 16.7. The van der Waals surface area contributed by atoms with Crippen molar-refractivity contribution in [2.75, 3.05) is 6.61 Å². The number of rotatable bonds is 9. The number of nitrogens with one attached hydrogen (secondary N) is 1. The molecular formula is C22H22N2O6. The molecule has 0 saturated heterocycles. The van der Waals surface area contributed by atoms with Crippen molar-refractivity contribution in [1.82, 2.24) is 5.32 Å². The van der Waals surface area contributed by atoms with Crippen molar-refractivity contribution in [2.24, 2.45) is 5.16 Å². The number of hydrogen-bond donors (Lipinski definition) is 2. The first-order valence-corrected chi connectivity index (χ1v) is 9.41. The Morgan fingerprint density at radius 3 is 2.40 bits per heavy atom. The Kier molecular flexibility index (Phi) is 6.46. The second kappa shape index (κ2) is 9.21. The van der Waals surface area contributed by atoms with Crippen LogP contribution >= 0.6 is 0 Å². The molecule has 1 heterocycles. The van der Waals surface area contributed by atoms with E-state index in [2.05, 4.69) is 10.5 Å². The molecule has 0 saturated carbocycles. The monoisotopic (exact) mass is 410 g/mol. The van der Waals surface area contributed by atoms with Gasteiger partial charge in [-0.1, -0.05) is 53.7 Å². The maximum absolute atomic E-state index is 12.8. The molecular weight excluding hydrogens is 388 g/mol. The van der Waals surface area contributed by atoms with Gasteiger partial charge in [-0.25, -0.2) is 0 Å². The van der Waals surface area contributed by atoms with Crippen molar-refractivity contribution in [2.45, 2.75) is 31.4 Å². The number of para-hydroxylation sites is 1. The number of Topliss-reactive ketones (excluding diaryl/α,β-unsaturated/α-hetero) is 1. The number of nitrogens with zero attached hydrogens (tertiary/aromatic N) is 1. The first kappa shape index (κ1) is 21.0. The van der Waals surface area contributed by atoms with E-state index in [-0.39, 0.29) is 13.0 Å². The molecule has 0 bridgehead atoms. The van der Waals surface area contributed by atoms with Crippen molar-refractivity contribution in [3.8, 4) is 5.75 Å². The van der Waals surface area contributed by atoms with Crippen LogP contribution < -0.4 is 10.1 Å². The van der Waals surface area contributed by atoms with Gasteiger partial charge >= 0.3 is 5.97 Å². The molecule has 2 aromatic carbocycles. The molecule has 0 aromatic heterocycles. The molecule has 8 nitrogen and oxygen atoms in total. The summed E-state index contributed by atoms with van der Waals surface area (Å²) in [5, 5.41) is 15.6. The Morgan fingerprint density at radius 1 is 1.13 bits per heavy atom. The third kappa shape index (κ3) is 5.22. The third-order valence-corrected chi connectivity index (χ3v) is 4.65. The zero-order valence-corrected chi connectivity index (χ0v) is 16.4. The third-order valence-electron chi connectivity index (χ3n) is 4.65. The van der Waals surface area contributed by atoms with Crippen molar-refractivity contribution in [1.29, 1.82) is 0 Å². The van der Waals surface area contributed by atoms with Crippen LogP contribution in [-0.2, 0) is 19.2 Å². The van der Waals surface area contributed by atoms with Gasteiger partial charge in [0.2, 0.25) is 5.60 Å². The number of oxime groups is 1. The van der Waals surface area contributed by atoms with Crippen LogP contribution in [0.15, 0.2) is 65.8 Å². The Morgan fingerprint density at radius 2 is 1.77 bits per heavy atom. The van der Waals surface area contributed by atoms with E-state index in [1.54, 1.807) is 37.3 Å². The standard InChI is InChI=1S/C22H22N2O6/c1-22(13-18(24-30-22)15-8-4-2-5-9-15)21(28)23-17(12-20(26)27)19(25)14-29-16-10-6-3-7-11-16/h2-11,17H,12-14H2,1H3,(H,23,28)(H,26,27)/t17-,22?/m0/s1. The van der Waals surface area contributed by atoms with Crippen LogP contribution in [0.4, 0.5) is 0 Å². The number of ketones is 1. The zero-order chi connectivity index (χ0) is 21.6. The van der Waals surface area contributed by atoms with Crippen LogP contribution in [0.5, 0.6) is 5.75 Å². The molecule has 1 amide bonds. The number of carbonyl (C=O) groups excluding carboxylic acids is 2. The molecule has 0 aliphatic carbocycles. The molecule has 1 aliphatic rings. The summed E-state index contributed by atoms with van der Waals surface area (Å²) in [5.41, 5.74) is 0.0768. The van der Waals surface area contributed by atoms with Crippen molar-refractivity contribution in [3.63, 3.8) is 0 Å². The highest BCUT2D eigenvalue weighted by molar-refractivity contribution is 6.06. The SMILES string of the molecule is CC1(C(=O)N[C@@H](CC(=O)O)C(=O)COc2ccccc2)CC(c2ccccc2)=NO1. The fraction of sp³-hybridized carbons (Fsp3) is 0.273. The second-order valence-corrected chi connectivity index (χ2v) is 7.09. The number of ether oxygens (including phenoxy) is 1. The molecule has 2 aromatic rings. The number of amides is 1. The van der Waals surface area contributed by atoms with Gasteiger partial charge in [0.1, 0.15) is 18.4 Å². The predicted octanol–water partition coefficient (Wildman–Crippen LogP) is 2.18. The summed E-state index contributed by atoms with van der Waals surface area (Å²) in [4.78, 5) is 41.9. The van der Waals surface area contributed by atoms with Crippen LogP contribution in [0.3, 0.4) is 0 Å². The molecule has 1 unspecified atom stereocenters. The minimum Gasteiger partial charge on any atom is -0.486 e. The average molecular weight is 410 g/mol. The van der Waals surface area contributed by atoms with Crippen LogP contribution in [0.2, 0.25) is 0 Å². The van der Waals surface area contributed by atoms with Gasteiger partial charge in [-0.05, 0) is 24.6 Å². The zero-order valence-electron chi connectivity index (χ0n) is 16.4. The molecule has 156 valence electrons. The van der Waals surface area contributed by atoms with Gasteiger partial charge in [-0.3, -0.25) is 14.4 Å². The normalized spacial score (nSPS) is 18.6. The van der Waals surface area contributed by atoms with Gasteiger partial charge in [-0.15, -0.1) is 0 Å². The van der Waals surface area contributed by atoms with Crippen LogP contribution in [0, 0.1) is 0 Å². The number of carbonyl (C=O) groups is 3. The number of hydrogen-bond acceptors (Lipinski definition) is 6. The number of carboxylic acids is 1. The van der Waals surface area contributed by atoms with Crippen LogP contribution in [0.25, 0.3) is 0 Å². The van der Waals surface area contributed by atoms with Gasteiger partial charge in [0.05, 0.1) is 12.1 Å². The van der Waals surface area contributed by atoms with Gasteiger partial charge in [0.15, 0.2) is 5.78 Å². The van der Waals surface area contributed by atoms with E-state index >= 15 is 0 Å². The first-order chi connectivity index (χ1) is 14.4. The van der Waals surface area contributed by atoms with E-state index in [4.69, 9.17) is 14.7 Å². The summed E-state index contributed by atoms with van der Waals surface area (Å²) in [6.45, 7) is 1.18. The first-order valence-electron chi connectivity index (χ1n) is 9.41. The van der Waals surface area contributed by atoms with E-state index < -0.39 is 35.7 Å². The lowest BCUT2D eigenvalue weighted by Gasteiger charge is -2.24. The Bertz CT molecular complexity index is 945. The highest BCUT2D eigenvalue weighted by atomic mass is 16.7. The quantitative estimate of drug-likeness (QED) is 0.655. The Balaban J connectivity index is 1.63. The van der Waals surface area contributed by atoms with E-state index in [1.807, 2.05) is 30.3 Å². The minimum atomic E-state index is -1.34. The van der Waals surface area contributed by atoms with Gasteiger partial charge in [0.25, 0.3) is 5.91 Å². The van der Waals surface area contributed by atoms with Crippen molar-refractivity contribution < 1.29 is 29.1 Å². The molecule has 30 heavy (non-hydrogen) atoms. The second-order valence-electron chi connectivity index (χ2n) is 7.09. The maximum Gasteiger partial charge on any atom is 0.305 e. The summed E-state index contributed by atoms with van der Waals surface area (Å²) in [7, 11) is 0. The number of aliphatic carboxylic acids is 1. The molecule has 3 rings (SSSR count). The lowest BCUT2D eigenvalue weighted by molar-refractivity contribution is -0.146. The Labute approximate surface area is 173 Å². The lowest BCUT2D eigenvalue weighted by Crippen LogP contribution is -2.52. The van der Waals surface area contributed by atoms with E-state index in [0.29, 0.717) is 11.5 Å². The van der Waals surface area contributed by atoms with Gasteiger partial charge in [0, 0.05) is 6.42 Å². The smallest absolute Gasteiger partial charge is 0.305 e. The molecule has 0 spiro atoms. The van der Waals surface area contributed by atoms with Crippen LogP contribution in [-0.4, -0.2) is 46.7 Å². The molecule has 2 atom stereocenters. The summed E-state index contributed by atoms with van der Waals surface area (Å²) < 4.78 is 5.39. The fourth-order valence-electron chi connectivity index (χ4n) is 2.95. The molecule has 2 N–H and O–H groups in total. The van der Waals surface area contributed by atoms with Crippen molar-refractivity contribution >= 4 is 23.4 Å². The lowest BCUT2D eigenvalue weighted by atomic mass is 9.94. The van der Waals surface area contributed by atoms with Crippen molar-refractivity contribution in [3.05, 3.63) is 66.2 Å². The highest BCUT2D eigenvalue weighted by Crippen LogP contribution is 2.27. The van der Waals surface area contributed by atoms with E-state index in [0.717, 1.165) is 5.56 Å². The van der Waals surface area contributed by atoms with Gasteiger partial charge < -0.3 is 20.0 Å². The molecule has 0 radical (unpaired) electrons. The molecule has 0 fully saturated rings. The minimum absolute atomic E-state index is 0.192. The topological polar surface area (TPSA) is 114 Å².